The minimum atomic E-state index is -0.215. The van der Waals surface area contributed by atoms with E-state index in [2.05, 4.69) is 36.2 Å². The first-order chi connectivity index (χ1) is 8.77. The number of nitrogens with one attached hydrogen (secondary N) is 1. The molecule has 102 valence electrons. The Kier molecular flexibility index (Phi) is 3.45. The summed E-state index contributed by atoms with van der Waals surface area (Å²) >= 11 is 1.43. The number of anilines is 1. The topological polar surface area (TPSA) is 59.8 Å². The molecule has 0 atom stereocenters. The highest BCUT2D eigenvalue weighted by molar-refractivity contribution is 7.14. The molecule has 2 aromatic rings. The second-order valence-corrected chi connectivity index (χ2v) is 6.43. The highest BCUT2D eigenvalue weighted by Crippen LogP contribution is 2.26. The van der Waals surface area contributed by atoms with Gasteiger partial charge in [-0.05, 0) is 6.92 Å². The predicted octanol–water partition coefficient (Wildman–Crippen LogP) is 2.73. The Labute approximate surface area is 116 Å². The maximum atomic E-state index is 12.1. The Morgan fingerprint density at radius 3 is 2.58 bits per heavy atom. The molecule has 0 spiro atoms. The number of hydrogen-bond donors (Lipinski definition) is 1. The van der Waals surface area contributed by atoms with Crippen LogP contribution >= 0.6 is 11.3 Å². The molecule has 5 nitrogen and oxygen atoms in total. The Morgan fingerprint density at radius 1 is 1.42 bits per heavy atom. The standard InChI is InChI=1S/C13H18N4OS/c1-8-6-17(5)16-10(8)11(18)15-12-14-9(7-19-12)13(2,3)4/h6-7H,1-5H3,(H,14,15,18). The van der Waals surface area contributed by atoms with E-state index in [0.717, 1.165) is 11.3 Å². The monoisotopic (exact) mass is 278 g/mol. The SMILES string of the molecule is Cc1cn(C)nc1C(=O)Nc1nc(C(C)(C)C)cs1. The maximum Gasteiger partial charge on any atom is 0.278 e. The molecule has 0 aliphatic rings. The molecule has 6 heteroatoms. The molecule has 0 aliphatic heterocycles. The van der Waals surface area contributed by atoms with Gasteiger partial charge in [-0.1, -0.05) is 20.8 Å². The number of carbonyl (C=O) groups is 1. The van der Waals surface area contributed by atoms with Crippen LogP contribution in [0.5, 0.6) is 0 Å². The van der Waals surface area contributed by atoms with Crippen molar-refractivity contribution in [1.82, 2.24) is 14.8 Å². The van der Waals surface area contributed by atoms with Gasteiger partial charge in [-0.2, -0.15) is 5.10 Å². The van der Waals surface area contributed by atoms with E-state index >= 15 is 0 Å². The van der Waals surface area contributed by atoms with E-state index in [1.165, 1.54) is 11.3 Å². The van der Waals surface area contributed by atoms with Gasteiger partial charge in [0.25, 0.3) is 5.91 Å². The van der Waals surface area contributed by atoms with Gasteiger partial charge in [0.2, 0.25) is 0 Å². The second kappa shape index (κ2) is 4.77. The van der Waals surface area contributed by atoms with Crippen LogP contribution in [-0.4, -0.2) is 20.7 Å². The van der Waals surface area contributed by atoms with Crippen LogP contribution in [0, 0.1) is 6.92 Å². The lowest BCUT2D eigenvalue weighted by atomic mass is 9.93. The summed E-state index contributed by atoms with van der Waals surface area (Å²) in [6.45, 7) is 8.15. The molecular weight excluding hydrogens is 260 g/mol. The van der Waals surface area contributed by atoms with Gasteiger partial charge < -0.3 is 0 Å². The zero-order valence-electron chi connectivity index (χ0n) is 11.8. The lowest BCUT2D eigenvalue weighted by Crippen LogP contribution is -2.15. The summed E-state index contributed by atoms with van der Waals surface area (Å²) in [6.07, 6.45) is 1.82. The van der Waals surface area contributed by atoms with Crippen molar-refractivity contribution in [3.63, 3.8) is 0 Å². The van der Waals surface area contributed by atoms with Gasteiger partial charge >= 0.3 is 0 Å². The first-order valence-corrected chi connectivity index (χ1v) is 6.93. The van der Waals surface area contributed by atoms with E-state index in [1.807, 2.05) is 18.5 Å². The van der Waals surface area contributed by atoms with Gasteiger partial charge in [0.1, 0.15) is 0 Å². The van der Waals surface area contributed by atoms with Crippen LogP contribution in [0.4, 0.5) is 5.13 Å². The van der Waals surface area contributed by atoms with Crippen LogP contribution in [0.15, 0.2) is 11.6 Å². The molecule has 0 aromatic carbocycles. The molecule has 2 rings (SSSR count). The molecule has 2 aromatic heterocycles. The molecule has 0 saturated heterocycles. The molecule has 0 radical (unpaired) electrons. The Morgan fingerprint density at radius 2 is 2.11 bits per heavy atom. The van der Waals surface area contributed by atoms with Crippen LogP contribution in [0.3, 0.4) is 0 Å². The van der Waals surface area contributed by atoms with Crippen LogP contribution in [0.1, 0.15) is 42.5 Å². The Balaban J connectivity index is 2.16. The van der Waals surface area contributed by atoms with Crippen molar-refractivity contribution in [2.75, 3.05) is 5.32 Å². The summed E-state index contributed by atoms with van der Waals surface area (Å²) in [5.74, 6) is -0.215. The quantitative estimate of drug-likeness (QED) is 0.919. The number of carbonyl (C=O) groups excluding carboxylic acids is 1. The minimum absolute atomic E-state index is 0.0135. The number of hydrogen-bond acceptors (Lipinski definition) is 4. The van der Waals surface area contributed by atoms with E-state index in [4.69, 9.17) is 0 Å². The van der Waals surface area contributed by atoms with Crippen molar-refractivity contribution in [2.24, 2.45) is 7.05 Å². The van der Waals surface area contributed by atoms with Crippen molar-refractivity contribution in [3.8, 4) is 0 Å². The van der Waals surface area contributed by atoms with Gasteiger partial charge in [-0.15, -0.1) is 11.3 Å². The van der Waals surface area contributed by atoms with E-state index in [-0.39, 0.29) is 11.3 Å². The van der Waals surface area contributed by atoms with Gasteiger partial charge in [0.05, 0.1) is 5.69 Å². The van der Waals surface area contributed by atoms with E-state index in [0.29, 0.717) is 10.8 Å². The lowest BCUT2D eigenvalue weighted by Gasteiger charge is -2.14. The van der Waals surface area contributed by atoms with Gasteiger partial charge in [-0.25, -0.2) is 4.98 Å². The zero-order valence-corrected chi connectivity index (χ0v) is 12.6. The largest absolute Gasteiger partial charge is 0.296 e. The molecular formula is C13H18N4OS. The smallest absolute Gasteiger partial charge is 0.278 e. The number of aromatic nitrogens is 3. The fourth-order valence-corrected chi connectivity index (χ4v) is 2.60. The lowest BCUT2D eigenvalue weighted by molar-refractivity contribution is 0.102. The van der Waals surface area contributed by atoms with Crippen LogP contribution < -0.4 is 5.32 Å². The predicted molar refractivity (Wildman–Crippen MR) is 76.7 cm³/mol. The van der Waals surface area contributed by atoms with Crippen molar-refractivity contribution < 1.29 is 4.79 Å². The summed E-state index contributed by atoms with van der Waals surface area (Å²) in [5.41, 5.74) is 2.26. The fourth-order valence-electron chi connectivity index (χ4n) is 1.66. The number of nitrogens with zero attached hydrogens (tertiary/aromatic N) is 3. The Hall–Kier alpha value is -1.69. The highest BCUT2D eigenvalue weighted by Gasteiger charge is 2.19. The summed E-state index contributed by atoms with van der Waals surface area (Å²) in [7, 11) is 1.80. The summed E-state index contributed by atoms with van der Waals surface area (Å²) < 4.78 is 1.63. The minimum Gasteiger partial charge on any atom is -0.296 e. The zero-order chi connectivity index (χ0) is 14.2. The van der Waals surface area contributed by atoms with Gasteiger partial charge in [0, 0.05) is 29.6 Å². The number of rotatable bonds is 2. The number of aryl methyl sites for hydroxylation is 2. The first-order valence-electron chi connectivity index (χ1n) is 6.05. The molecule has 0 fully saturated rings. The fraction of sp³-hybridized carbons (Fsp3) is 0.462. The van der Waals surface area contributed by atoms with Crippen molar-refractivity contribution in [3.05, 3.63) is 28.5 Å². The molecule has 0 unspecified atom stereocenters. The van der Waals surface area contributed by atoms with Crippen LogP contribution in [0.25, 0.3) is 0 Å². The van der Waals surface area contributed by atoms with Crippen molar-refractivity contribution in [2.45, 2.75) is 33.1 Å². The molecule has 0 aliphatic carbocycles. The third-order valence-corrected chi connectivity index (χ3v) is 3.48. The summed E-state index contributed by atoms with van der Waals surface area (Å²) in [6, 6.07) is 0. The molecule has 19 heavy (non-hydrogen) atoms. The van der Waals surface area contributed by atoms with Crippen LogP contribution in [0.2, 0.25) is 0 Å². The summed E-state index contributed by atoms with van der Waals surface area (Å²) in [4.78, 5) is 16.5. The molecule has 0 bridgehead atoms. The van der Waals surface area contributed by atoms with Gasteiger partial charge in [-0.3, -0.25) is 14.8 Å². The second-order valence-electron chi connectivity index (χ2n) is 5.58. The third-order valence-electron chi connectivity index (χ3n) is 2.72. The average molecular weight is 278 g/mol. The number of thiazole rings is 1. The molecule has 0 saturated carbocycles. The molecule has 2 heterocycles. The molecule has 1 amide bonds. The third kappa shape index (κ3) is 3.01. The first kappa shape index (κ1) is 13.7. The van der Waals surface area contributed by atoms with E-state index in [1.54, 1.807) is 11.7 Å². The maximum absolute atomic E-state index is 12.1. The van der Waals surface area contributed by atoms with Crippen LogP contribution in [-0.2, 0) is 12.5 Å². The average Bonchev–Trinajstić information content (AvgIpc) is 2.84. The van der Waals surface area contributed by atoms with Gasteiger partial charge in [0.15, 0.2) is 10.8 Å². The Bertz CT molecular complexity index is 606. The van der Waals surface area contributed by atoms with E-state index in [9.17, 15) is 4.79 Å². The highest BCUT2D eigenvalue weighted by atomic mass is 32.1. The van der Waals surface area contributed by atoms with Crippen molar-refractivity contribution >= 4 is 22.4 Å². The normalized spacial score (nSPS) is 11.6. The van der Waals surface area contributed by atoms with Crippen molar-refractivity contribution in [1.29, 1.82) is 0 Å². The van der Waals surface area contributed by atoms with E-state index < -0.39 is 0 Å². The number of amides is 1. The summed E-state index contributed by atoms with van der Waals surface area (Å²) in [5, 5.41) is 9.53. The molecule has 1 N–H and O–H groups in total.